The Kier molecular flexibility index (Phi) is 17.7. The maximum absolute atomic E-state index is 12.7. The normalized spacial score (nSPS) is 12.8. The lowest BCUT2D eigenvalue weighted by Crippen LogP contribution is -2.54. The fraction of sp³-hybridized carbons (Fsp3) is 0.792. The van der Waals surface area contributed by atoms with E-state index < -0.39 is 54.1 Å². The largest absolute Gasteiger partial charge is 0.480 e. The highest BCUT2D eigenvalue weighted by Gasteiger charge is 2.28. The quantitative estimate of drug-likeness (QED) is 0.114. The molecule has 38 heavy (non-hydrogen) atoms. The van der Waals surface area contributed by atoms with E-state index in [1.54, 1.807) is 34.6 Å². The fourth-order valence-corrected chi connectivity index (χ4v) is 2.98. The summed E-state index contributed by atoms with van der Waals surface area (Å²) in [5, 5.41) is 19.6. The molecule has 2 atom stereocenters. The van der Waals surface area contributed by atoms with Crippen LogP contribution in [0.15, 0.2) is 0 Å². The SMILES string of the molecule is CC(C)[C@H](NC(=O)COCC(=O)NCCOCCN)C(=O)N[C@@H](CCCCNC(=O)OC(C)(C)C)C(=O)O. The van der Waals surface area contributed by atoms with Crippen molar-refractivity contribution in [2.24, 2.45) is 11.7 Å². The van der Waals surface area contributed by atoms with Crippen molar-refractivity contribution < 1.29 is 43.3 Å². The van der Waals surface area contributed by atoms with Crippen LogP contribution in [-0.4, -0.2) is 98.6 Å². The predicted molar refractivity (Wildman–Crippen MR) is 138 cm³/mol. The van der Waals surface area contributed by atoms with E-state index in [1.807, 2.05) is 0 Å². The second-order valence-electron chi connectivity index (χ2n) is 9.86. The van der Waals surface area contributed by atoms with Crippen LogP contribution in [0.5, 0.6) is 0 Å². The van der Waals surface area contributed by atoms with E-state index >= 15 is 0 Å². The minimum absolute atomic E-state index is 0.130. The summed E-state index contributed by atoms with van der Waals surface area (Å²) < 4.78 is 15.3. The topological polar surface area (TPSA) is 207 Å². The van der Waals surface area contributed by atoms with Crippen LogP contribution in [-0.2, 0) is 33.4 Å². The number of carbonyl (C=O) groups is 5. The first-order chi connectivity index (χ1) is 17.8. The molecule has 0 rings (SSSR count). The summed E-state index contributed by atoms with van der Waals surface area (Å²) in [4.78, 5) is 60.0. The van der Waals surface area contributed by atoms with E-state index in [9.17, 15) is 29.1 Å². The van der Waals surface area contributed by atoms with Gasteiger partial charge in [0, 0.05) is 19.6 Å². The monoisotopic (exact) mass is 547 g/mol. The molecule has 0 saturated carbocycles. The maximum atomic E-state index is 12.7. The van der Waals surface area contributed by atoms with Gasteiger partial charge in [-0.3, -0.25) is 14.4 Å². The van der Waals surface area contributed by atoms with E-state index in [1.165, 1.54) is 0 Å². The van der Waals surface area contributed by atoms with Crippen molar-refractivity contribution in [2.45, 2.75) is 71.6 Å². The number of hydrogen-bond donors (Lipinski definition) is 6. The number of aliphatic carboxylic acids is 1. The first kappa shape index (κ1) is 35.0. The van der Waals surface area contributed by atoms with Crippen LogP contribution in [0.2, 0.25) is 0 Å². The summed E-state index contributed by atoms with van der Waals surface area (Å²) in [6.45, 7) is 9.45. The molecule has 0 radical (unpaired) electrons. The number of amides is 4. The predicted octanol–water partition coefficient (Wildman–Crippen LogP) is -0.500. The molecule has 7 N–H and O–H groups in total. The summed E-state index contributed by atoms with van der Waals surface area (Å²) in [6, 6.07) is -2.17. The van der Waals surface area contributed by atoms with Gasteiger partial charge in [0.05, 0.1) is 13.2 Å². The van der Waals surface area contributed by atoms with Crippen molar-refractivity contribution in [3.63, 3.8) is 0 Å². The number of carboxylic acid groups (broad SMARTS) is 1. The molecular weight excluding hydrogens is 502 g/mol. The second kappa shape index (κ2) is 19.2. The Balaban J connectivity index is 4.50. The van der Waals surface area contributed by atoms with Gasteiger partial charge in [-0.2, -0.15) is 0 Å². The van der Waals surface area contributed by atoms with Crippen LogP contribution >= 0.6 is 0 Å². The molecule has 4 amide bonds. The number of alkyl carbamates (subject to hydrolysis) is 1. The zero-order chi connectivity index (χ0) is 29.1. The highest BCUT2D eigenvalue weighted by molar-refractivity contribution is 5.91. The number of nitrogens with one attached hydrogen (secondary N) is 4. The smallest absolute Gasteiger partial charge is 0.407 e. The molecule has 0 aliphatic heterocycles. The molecule has 0 saturated heterocycles. The van der Waals surface area contributed by atoms with Crippen molar-refractivity contribution in [1.29, 1.82) is 0 Å². The van der Waals surface area contributed by atoms with Crippen molar-refractivity contribution in [3.05, 3.63) is 0 Å². The Morgan fingerprint density at radius 3 is 2.11 bits per heavy atom. The van der Waals surface area contributed by atoms with Crippen molar-refractivity contribution in [3.8, 4) is 0 Å². The van der Waals surface area contributed by atoms with Crippen LogP contribution in [0.3, 0.4) is 0 Å². The number of rotatable bonds is 19. The van der Waals surface area contributed by atoms with E-state index in [-0.39, 0.29) is 25.5 Å². The average molecular weight is 548 g/mol. The third kappa shape index (κ3) is 18.3. The molecule has 0 fully saturated rings. The number of nitrogens with two attached hydrogens (primary N) is 1. The number of ether oxygens (including phenoxy) is 3. The van der Waals surface area contributed by atoms with Crippen LogP contribution in [0.4, 0.5) is 4.79 Å². The van der Waals surface area contributed by atoms with Gasteiger partial charge < -0.3 is 46.3 Å². The standard InChI is InChI=1S/C24H45N5O9/c1-16(2)20(29-19(31)15-37-14-18(30)26-11-13-36-12-9-25)21(32)28-17(22(33)34)8-6-7-10-27-23(35)38-24(3,4)5/h16-17,20H,6-15,25H2,1-5H3,(H,26,30)(H,27,35)(H,28,32)(H,29,31)(H,33,34)/t17-,20-/m0/s1. The van der Waals surface area contributed by atoms with Crippen LogP contribution < -0.4 is 27.0 Å². The van der Waals surface area contributed by atoms with Crippen LogP contribution in [0, 0.1) is 5.92 Å². The minimum atomic E-state index is -1.21. The molecule has 220 valence electrons. The second-order valence-corrected chi connectivity index (χ2v) is 9.86. The van der Waals surface area contributed by atoms with Gasteiger partial charge in [0.25, 0.3) is 0 Å². The Bertz CT molecular complexity index is 756. The van der Waals surface area contributed by atoms with Crippen molar-refractivity contribution in [2.75, 3.05) is 46.1 Å². The number of carboxylic acids is 1. The summed E-state index contributed by atoms with van der Waals surface area (Å²) in [7, 11) is 0. The van der Waals surface area contributed by atoms with Gasteiger partial charge in [-0.05, 0) is 46.0 Å². The summed E-state index contributed by atoms with van der Waals surface area (Å²) in [6.07, 6.45) is 0.467. The molecule has 0 aromatic rings. The third-order valence-electron chi connectivity index (χ3n) is 4.77. The Labute approximate surface area is 224 Å². The molecule has 0 aromatic carbocycles. The Hall–Kier alpha value is -2.97. The first-order valence-electron chi connectivity index (χ1n) is 12.7. The lowest BCUT2D eigenvalue weighted by atomic mass is 10.0. The first-order valence-corrected chi connectivity index (χ1v) is 12.7. The van der Waals surface area contributed by atoms with E-state index in [2.05, 4.69) is 21.3 Å². The molecule has 0 unspecified atom stereocenters. The van der Waals surface area contributed by atoms with Gasteiger partial charge >= 0.3 is 12.1 Å². The van der Waals surface area contributed by atoms with Gasteiger partial charge in [0.1, 0.15) is 30.9 Å². The summed E-state index contributed by atoms with van der Waals surface area (Å²) >= 11 is 0. The molecule has 0 heterocycles. The highest BCUT2D eigenvalue weighted by atomic mass is 16.6. The summed E-state index contributed by atoms with van der Waals surface area (Å²) in [5.41, 5.74) is 4.67. The molecule has 0 spiro atoms. The number of unbranched alkanes of at least 4 members (excludes halogenated alkanes) is 1. The highest BCUT2D eigenvalue weighted by Crippen LogP contribution is 2.08. The molecule has 0 aromatic heterocycles. The average Bonchev–Trinajstić information content (AvgIpc) is 2.79. The summed E-state index contributed by atoms with van der Waals surface area (Å²) in [5.74, 6) is -3.27. The van der Waals surface area contributed by atoms with E-state index in [4.69, 9.17) is 19.9 Å². The van der Waals surface area contributed by atoms with Gasteiger partial charge in [-0.15, -0.1) is 0 Å². The van der Waals surface area contributed by atoms with Crippen LogP contribution in [0.1, 0.15) is 53.9 Å². The maximum Gasteiger partial charge on any atom is 0.407 e. The van der Waals surface area contributed by atoms with Crippen molar-refractivity contribution >= 4 is 29.8 Å². The van der Waals surface area contributed by atoms with Gasteiger partial charge in [0.2, 0.25) is 17.7 Å². The lowest BCUT2D eigenvalue weighted by molar-refractivity contribution is -0.142. The zero-order valence-corrected chi connectivity index (χ0v) is 23.1. The van der Waals surface area contributed by atoms with Crippen LogP contribution in [0.25, 0.3) is 0 Å². The minimum Gasteiger partial charge on any atom is -0.480 e. The fourth-order valence-electron chi connectivity index (χ4n) is 2.98. The molecule has 0 aliphatic rings. The van der Waals surface area contributed by atoms with E-state index in [0.717, 1.165) is 0 Å². The van der Waals surface area contributed by atoms with Gasteiger partial charge in [-0.1, -0.05) is 13.8 Å². The van der Waals surface area contributed by atoms with Crippen molar-refractivity contribution in [1.82, 2.24) is 21.3 Å². The molecule has 0 aliphatic carbocycles. The van der Waals surface area contributed by atoms with Gasteiger partial charge in [0.15, 0.2) is 0 Å². The molecular formula is C24H45N5O9. The van der Waals surface area contributed by atoms with E-state index in [0.29, 0.717) is 39.1 Å². The molecule has 14 nitrogen and oxygen atoms in total. The zero-order valence-electron chi connectivity index (χ0n) is 23.1. The third-order valence-corrected chi connectivity index (χ3v) is 4.77. The Morgan fingerprint density at radius 2 is 1.53 bits per heavy atom. The molecule has 0 bridgehead atoms. The Morgan fingerprint density at radius 1 is 0.868 bits per heavy atom. The lowest BCUT2D eigenvalue weighted by Gasteiger charge is -2.24. The van der Waals surface area contributed by atoms with Gasteiger partial charge in [-0.25, -0.2) is 9.59 Å². The number of carbonyl (C=O) groups excluding carboxylic acids is 4. The molecule has 14 heteroatoms. The number of hydrogen-bond acceptors (Lipinski definition) is 9.